The van der Waals surface area contributed by atoms with Gasteiger partial charge in [-0.15, -0.1) is 0 Å². The lowest BCUT2D eigenvalue weighted by atomic mass is 9.95. The Bertz CT molecular complexity index is 343. The average molecular weight is 215 g/mol. The van der Waals surface area contributed by atoms with Gasteiger partial charge in [0.1, 0.15) is 0 Å². The highest BCUT2D eigenvalue weighted by atomic mass is 19.2. The first-order valence-electron chi connectivity index (χ1n) is 4.32. The average Bonchev–Trinajstić information content (AvgIpc) is 2.18. The normalized spacial score (nSPS) is 16.7. The zero-order chi connectivity index (χ0) is 11.5. The molecule has 1 aromatic carbocycles. The molecule has 3 N–H and O–H groups in total. The highest BCUT2D eigenvalue weighted by Gasteiger charge is 2.45. The van der Waals surface area contributed by atoms with Crippen LogP contribution in [0.5, 0.6) is 0 Å². The van der Waals surface area contributed by atoms with E-state index in [2.05, 4.69) is 0 Å². The SMILES string of the molecule is NC(F)C(F)(Cc1ccccc1)C(=O)O. The lowest BCUT2D eigenvalue weighted by molar-refractivity contribution is -0.155. The Labute approximate surface area is 85.5 Å². The first-order valence-corrected chi connectivity index (χ1v) is 4.32. The Morgan fingerprint density at radius 1 is 1.47 bits per heavy atom. The predicted octanol–water partition coefficient (Wildman–Crippen LogP) is 1.28. The molecule has 0 fully saturated rings. The van der Waals surface area contributed by atoms with Crippen molar-refractivity contribution in [2.24, 2.45) is 5.73 Å². The molecule has 0 aliphatic rings. The van der Waals surface area contributed by atoms with Crippen molar-refractivity contribution in [1.82, 2.24) is 0 Å². The Hall–Kier alpha value is -1.49. The third-order valence-electron chi connectivity index (χ3n) is 2.10. The van der Waals surface area contributed by atoms with Crippen LogP contribution in [-0.4, -0.2) is 23.0 Å². The third-order valence-corrected chi connectivity index (χ3v) is 2.10. The first-order chi connectivity index (χ1) is 6.97. The molecule has 0 amide bonds. The van der Waals surface area contributed by atoms with Crippen molar-refractivity contribution < 1.29 is 18.7 Å². The van der Waals surface area contributed by atoms with Gasteiger partial charge in [-0.2, -0.15) is 0 Å². The van der Waals surface area contributed by atoms with Gasteiger partial charge in [0, 0.05) is 6.42 Å². The van der Waals surface area contributed by atoms with E-state index in [1.54, 1.807) is 18.2 Å². The topological polar surface area (TPSA) is 63.3 Å². The number of aliphatic carboxylic acids is 1. The highest BCUT2D eigenvalue weighted by molar-refractivity contribution is 5.78. The molecule has 0 spiro atoms. The maximum absolute atomic E-state index is 13.6. The summed E-state index contributed by atoms with van der Waals surface area (Å²) >= 11 is 0. The fourth-order valence-corrected chi connectivity index (χ4v) is 1.18. The minimum atomic E-state index is -3.07. The van der Waals surface area contributed by atoms with Gasteiger partial charge in [0.05, 0.1) is 0 Å². The van der Waals surface area contributed by atoms with E-state index in [-0.39, 0.29) is 0 Å². The van der Waals surface area contributed by atoms with E-state index in [0.717, 1.165) is 0 Å². The molecule has 3 nitrogen and oxygen atoms in total. The lowest BCUT2D eigenvalue weighted by Gasteiger charge is -2.21. The number of nitrogens with two attached hydrogens (primary N) is 1. The van der Waals surface area contributed by atoms with Crippen LogP contribution in [-0.2, 0) is 11.2 Å². The summed E-state index contributed by atoms with van der Waals surface area (Å²) in [6, 6.07) is 7.95. The molecule has 2 unspecified atom stereocenters. The van der Waals surface area contributed by atoms with Crippen LogP contribution in [0.1, 0.15) is 5.56 Å². The van der Waals surface area contributed by atoms with Crippen LogP contribution in [0.4, 0.5) is 8.78 Å². The smallest absolute Gasteiger partial charge is 0.346 e. The van der Waals surface area contributed by atoms with E-state index in [4.69, 9.17) is 10.8 Å². The summed E-state index contributed by atoms with van der Waals surface area (Å²) in [7, 11) is 0. The number of hydrogen-bond donors (Lipinski definition) is 2. The maximum atomic E-state index is 13.6. The van der Waals surface area contributed by atoms with Gasteiger partial charge in [-0.05, 0) is 5.56 Å². The molecule has 0 saturated carbocycles. The summed E-state index contributed by atoms with van der Waals surface area (Å²) in [4.78, 5) is 10.6. The molecule has 0 bridgehead atoms. The van der Waals surface area contributed by atoms with Crippen LogP contribution >= 0.6 is 0 Å². The standard InChI is InChI=1S/C10H11F2NO2/c11-8(13)10(12,9(14)15)6-7-4-2-1-3-5-7/h1-5,8H,6,13H2,(H,14,15). The van der Waals surface area contributed by atoms with E-state index in [1.165, 1.54) is 12.1 Å². The predicted molar refractivity (Wildman–Crippen MR) is 50.7 cm³/mol. The zero-order valence-electron chi connectivity index (χ0n) is 7.86. The Morgan fingerprint density at radius 3 is 2.40 bits per heavy atom. The van der Waals surface area contributed by atoms with Crippen molar-refractivity contribution in [3.63, 3.8) is 0 Å². The van der Waals surface area contributed by atoms with Gasteiger partial charge in [0.25, 0.3) is 5.67 Å². The molecule has 0 radical (unpaired) electrons. The summed E-state index contributed by atoms with van der Waals surface area (Å²) in [5, 5.41) is 8.57. The summed E-state index contributed by atoms with van der Waals surface area (Å²) in [6.45, 7) is 0. The molecule has 15 heavy (non-hydrogen) atoms. The van der Waals surface area contributed by atoms with E-state index >= 15 is 0 Å². The van der Waals surface area contributed by atoms with Crippen LogP contribution in [0.25, 0.3) is 0 Å². The summed E-state index contributed by atoms with van der Waals surface area (Å²) in [5.74, 6) is -1.89. The van der Waals surface area contributed by atoms with Gasteiger partial charge in [0.15, 0.2) is 6.30 Å². The summed E-state index contributed by atoms with van der Waals surface area (Å²) in [5.41, 5.74) is 2.01. The number of halogens is 2. The molecular weight excluding hydrogens is 204 g/mol. The molecule has 2 atom stereocenters. The second-order valence-electron chi connectivity index (χ2n) is 3.23. The van der Waals surface area contributed by atoms with Gasteiger partial charge >= 0.3 is 5.97 Å². The van der Waals surface area contributed by atoms with Crippen molar-refractivity contribution in [2.45, 2.75) is 18.4 Å². The lowest BCUT2D eigenvalue weighted by Crippen LogP contribution is -2.49. The molecule has 1 rings (SSSR count). The van der Waals surface area contributed by atoms with Crippen LogP contribution in [0.2, 0.25) is 0 Å². The molecular formula is C10H11F2NO2. The number of carboxylic acids is 1. The maximum Gasteiger partial charge on any atom is 0.346 e. The quantitative estimate of drug-likeness (QED) is 0.743. The van der Waals surface area contributed by atoms with Crippen LogP contribution in [0, 0.1) is 0 Å². The number of carbonyl (C=O) groups is 1. The van der Waals surface area contributed by atoms with Crippen molar-refractivity contribution in [3.8, 4) is 0 Å². The number of benzene rings is 1. The molecule has 5 heteroatoms. The second kappa shape index (κ2) is 4.35. The van der Waals surface area contributed by atoms with Gasteiger partial charge in [-0.3, -0.25) is 5.73 Å². The monoisotopic (exact) mass is 215 g/mol. The minimum absolute atomic E-state index is 0.385. The molecule has 0 aliphatic heterocycles. The molecule has 0 aromatic heterocycles. The van der Waals surface area contributed by atoms with Crippen LogP contribution < -0.4 is 5.73 Å². The molecule has 0 saturated heterocycles. The van der Waals surface area contributed by atoms with Crippen molar-refractivity contribution in [1.29, 1.82) is 0 Å². The van der Waals surface area contributed by atoms with E-state index < -0.39 is 24.4 Å². The second-order valence-corrected chi connectivity index (χ2v) is 3.23. The van der Waals surface area contributed by atoms with Gasteiger partial charge in [-0.25, -0.2) is 13.6 Å². The molecule has 0 heterocycles. The largest absolute Gasteiger partial charge is 0.479 e. The molecule has 1 aromatic rings. The van der Waals surface area contributed by atoms with Crippen LogP contribution in [0.3, 0.4) is 0 Å². The van der Waals surface area contributed by atoms with Gasteiger partial charge in [0.2, 0.25) is 0 Å². The Kier molecular flexibility index (Phi) is 3.36. The van der Waals surface area contributed by atoms with E-state index in [0.29, 0.717) is 5.56 Å². The van der Waals surface area contributed by atoms with E-state index in [1.807, 2.05) is 0 Å². The summed E-state index contributed by atoms with van der Waals surface area (Å²) in [6.07, 6.45) is -3.13. The minimum Gasteiger partial charge on any atom is -0.479 e. The summed E-state index contributed by atoms with van der Waals surface area (Å²) < 4.78 is 26.3. The third kappa shape index (κ3) is 2.50. The van der Waals surface area contributed by atoms with Crippen molar-refractivity contribution in [3.05, 3.63) is 35.9 Å². The molecule has 82 valence electrons. The Morgan fingerprint density at radius 2 is 2.00 bits per heavy atom. The number of rotatable bonds is 4. The zero-order valence-corrected chi connectivity index (χ0v) is 7.86. The van der Waals surface area contributed by atoms with Crippen molar-refractivity contribution >= 4 is 5.97 Å². The van der Waals surface area contributed by atoms with Crippen molar-refractivity contribution in [2.75, 3.05) is 0 Å². The van der Waals surface area contributed by atoms with E-state index in [9.17, 15) is 13.6 Å². The fraction of sp³-hybridized carbons (Fsp3) is 0.300. The molecule has 0 aliphatic carbocycles. The number of alkyl halides is 2. The fourth-order valence-electron chi connectivity index (χ4n) is 1.18. The van der Waals surface area contributed by atoms with Gasteiger partial charge < -0.3 is 5.11 Å². The number of hydrogen-bond acceptors (Lipinski definition) is 2. The van der Waals surface area contributed by atoms with Crippen LogP contribution in [0.15, 0.2) is 30.3 Å². The first kappa shape index (κ1) is 11.6. The van der Waals surface area contributed by atoms with Gasteiger partial charge in [-0.1, -0.05) is 30.3 Å². The number of carboxylic acid groups (broad SMARTS) is 1. The highest BCUT2D eigenvalue weighted by Crippen LogP contribution is 2.22. The Balaban J connectivity index is 2.90.